The van der Waals surface area contributed by atoms with Crippen molar-refractivity contribution < 1.29 is 17.9 Å². The second-order valence-corrected chi connectivity index (χ2v) is 6.97. The fourth-order valence-electron chi connectivity index (χ4n) is 2.30. The van der Waals surface area contributed by atoms with E-state index in [1.165, 1.54) is 4.31 Å². The van der Waals surface area contributed by atoms with Crippen molar-refractivity contribution in [2.24, 2.45) is 5.73 Å². The Morgan fingerprint density at radius 1 is 1.29 bits per heavy atom. The van der Waals surface area contributed by atoms with Crippen LogP contribution in [0.1, 0.15) is 12.8 Å². The SMILES string of the molecule is CN(C1CCOCC1)S(=O)(=O)c1ccc(OCCN)cc1. The van der Waals surface area contributed by atoms with E-state index < -0.39 is 10.0 Å². The summed E-state index contributed by atoms with van der Waals surface area (Å²) in [5.41, 5.74) is 5.36. The van der Waals surface area contributed by atoms with Gasteiger partial charge in [-0.25, -0.2) is 8.42 Å². The molecule has 0 unspecified atom stereocenters. The summed E-state index contributed by atoms with van der Waals surface area (Å²) < 4.78 is 37.2. The van der Waals surface area contributed by atoms with Gasteiger partial charge in [0.15, 0.2) is 0 Å². The van der Waals surface area contributed by atoms with Gasteiger partial charge in [-0.15, -0.1) is 0 Å². The average Bonchev–Trinajstić information content (AvgIpc) is 2.53. The van der Waals surface area contributed by atoms with Crippen LogP contribution in [0.2, 0.25) is 0 Å². The molecule has 118 valence electrons. The van der Waals surface area contributed by atoms with Gasteiger partial charge in [-0.05, 0) is 37.1 Å². The molecule has 2 N–H and O–H groups in total. The zero-order valence-electron chi connectivity index (χ0n) is 12.2. The minimum absolute atomic E-state index is 0.00285. The summed E-state index contributed by atoms with van der Waals surface area (Å²) in [5, 5.41) is 0. The molecular formula is C14H22N2O4S. The molecule has 1 aliphatic heterocycles. The van der Waals surface area contributed by atoms with Crippen LogP contribution in [0.5, 0.6) is 5.75 Å². The Labute approximate surface area is 125 Å². The van der Waals surface area contributed by atoms with Crippen LogP contribution in [0.15, 0.2) is 29.2 Å². The molecule has 21 heavy (non-hydrogen) atoms. The quantitative estimate of drug-likeness (QED) is 0.841. The fraction of sp³-hybridized carbons (Fsp3) is 0.571. The van der Waals surface area contributed by atoms with Crippen molar-refractivity contribution >= 4 is 10.0 Å². The Morgan fingerprint density at radius 3 is 2.48 bits per heavy atom. The lowest BCUT2D eigenvalue weighted by Gasteiger charge is -2.30. The van der Waals surface area contributed by atoms with Crippen molar-refractivity contribution in [2.75, 3.05) is 33.4 Å². The molecule has 0 amide bonds. The first-order valence-corrected chi connectivity index (χ1v) is 8.48. The van der Waals surface area contributed by atoms with E-state index in [9.17, 15) is 8.42 Å². The van der Waals surface area contributed by atoms with Crippen molar-refractivity contribution in [3.63, 3.8) is 0 Å². The number of hydrogen-bond donors (Lipinski definition) is 1. The van der Waals surface area contributed by atoms with Gasteiger partial charge in [0.1, 0.15) is 12.4 Å². The highest BCUT2D eigenvalue weighted by Gasteiger charge is 2.29. The predicted octanol–water partition coefficient (Wildman–Crippen LogP) is 0.824. The first-order chi connectivity index (χ1) is 10.1. The molecule has 1 aromatic rings. The van der Waals surface area contributed by atoms with E-state index in [2.05, 4.69) is 0 Å². The van der Waals surface area contributed by atoms with E-state index in [0.29, 0.717) is 32.1 Å². The van der Waals surface area contributed by atoms with Crippen LogP contribution in [0.4, 0.5) is 0 Å². The van der Waals surface area contributed by atoms with Crippen LogP contribution in [-0.2, 0) is 14.8 Å². The van der Waals surface area contributed by atoms with Crippen molar-refractivity contribution in [1.29, 1.82) is 0 Å². The van der Waals surface area contributed by atoms with Crippen LogP contribution >= 0.6 is 0 Å². The van der Waals surface area contributed by atoms with Crippen molar-refractivity contribution in [3.05, 3.63) is 24.3 Å². The number of rotatable bonds is 6. The van der Waals surface area contributed by atoms with Gasteiger partial charge in [0.2, 0.25) is 10.0 Å². The maximum Gasteiger partial charge on any atom is 0.243 e. The molecule has 0 aliphatic carbocycles. The molecule has 1 fully saturated rings. The lowest BCUT2D eigenvalue weighted by Crippen LogP contribution is -2.40. The second kappa shape index (κ2) is 7.22. The lowest BCUT2D eigenvalue weighted by molar-refractivity contribution is 0.0632. The Hall–Kier alpha value is -1.15. The molecule has 0 saturated carbocycles. The number of hydrogen-bond acceptors (Lipinski definition) is 5. The van der Waals surface area contributed by atoms with Crippen molar-refractivity contribution in [1.82, 2.24) is 4.31 Å². The molecule has 1 heterocycles. The molecule has 6 nitrogen and oxygen atoms in total. The maximum atomic E-state index is 12.6. The van der Waals surface area contributed by atoms with E-state index in [1.807, 2.05) is 0 Å². The zero-order chi connectivity index (χ0) is 15.3. The molecular weight excluding hydrogens is 292 g/mol. The van der Waals surface area contributed by atoms with Crippen molar-refractivity contribution in [2.45, 2.75) is 23.8 Å². The van der Waals surface area contributed by atoms with E-state index >= 15 is 0 Å². The highest BCUT2D eigenvalue weighted by molar-refractivity contribution is 7.89. The molecule has 0 aromatic heterocycles. The smallest absolute Gasteiger partial charge is 0.243 e. The molecule has 0 radical (unpaired) electrons. The monoisotopic (exact) mass is 314 g/mol. The summed E-state index contributed by atoms with van der Waals surface area (Å²) in [6.45, 7) is 2.05. The van der Waals surface area contributed by atoms with Crippen molar-refractivity contribution in [3.8, 4) is 5.75 Å². The van der Waals surface area contributed by atoms with Crippen LogP contribution in [0.3, 0.4) is 0 Å². The third kappa shape index (κ3) is 3.94. The van der Waals surface area contributed by atoms with Crippen LogP contribution < -0.4 is 10.5 Å². The topological polar surface area (TPSA) is 81.9 Å². The fourth-order valence-corrected chi connectivity index (χ4v) is 3.71. The Kier molecular flexibility index (Phi) is 5.58. The molecule has 1 aliphatic rings. The summed E-state index contributed by atoms with van der Waals surface area (Å²) in [5.74, 6) is 0.619. The Bertz CT molecular complexity index is 539. The van der Waals surface area contributed by atoms with E-state index in [4.69, 9.17) is 15.2 Å². The molecule has 0 atom stereocenters. The Morgan fingerprint density at radius 2 is 1.90 bits per heavy atom. The molecule has 0 spiro atoms. The Balaban J connectivity index is 2.10. The van der Waals surface area contributed by atoms with Gasteiger partial charge in [-0.3, -0.25) is 0 Å². The minimum Gasteiger partial charge on any atom is -0.492 e. The van der Waals surface area contributed by atoms with Gasteiger partial charge < -0.3 is 15.2 Å². The predicted molar refractivity (Wildman–Crippen MR) is 79.8 cm³/mol. The van der Waals surface area contributed by atoms with Gasteiger partial charge in [0.05, 0.1) is 4.90 Å². The molecule has 0 bridgehead atoms. The summed E-state index contributed by atoms with van der Waals surface area (Å²) >= 11 is 0. The van der Waals surface area contributed by atoms with Crippen LogP contribution in [0.25, 0.3) is 0 Å². The molecule has 7 heteroatoms. The highest BCUT2D eigenvalue weighted by atomic mass is 32.2. The first kappa shape index (κ1) is 16.2. The molecule has 1 aromatic carbocycles. The van der Waals surface area contributed by atoms with Gasteiger partial charge in [0.25, 0.3) is 0 Å². The lowest BCUT2D eigenvalue weighted by atomic mass is 10.1. The zero-order valence-corrected chi connectivity index (χ0v) is 13.0. The number of nitrogens with two attached hydrogens (primary N) is 1. The maximum absolute atomic E-state index is 12.6. The summed E-state index contributed by atoms with van der Waals surface area (Å²) in [7, 11) is -1.85. The normalized spacial score (nSPS) is 17.1. The number of sulfonamides is 1. The number of nitrogens with zero attached hydrogens (tertiary/aromatic N) is 1. The van der Waals surface area contributed by atoms with Gasteiger partial charge >= 0.3 is 0 Å². The van der Waals surface area contributed by atoms with Crippen LogP contribution in [0, 0.1) is 0 Å². The largest absolute Gasteiger partial charge is 0.492 e. The second-order valence-electron chi connectivity index (χ2n) is 4.97. The van der Waals surface area contributed by atoms with E-state index in [1.54, 1.807) is 31.3 Å². The first-order valence-electron chi connectivity index (χ1n) is 7.04. The number of ether oxygens (including phenoxy) is 2. The highest BCUT2D eigenvalue weighted by Crippen LogP contribution is 2.23. The summed E-state index contributed by atoms with van der Waals surface area (Å²) in [6, 6.07) is 6.44. The molecule has 2 rings (SSSR count). The summed E-state index contributed by atoms with van der Waals surface area (Å²) in [6.07, 6.45) is 1.46. The van der Waals surface area contributed by atoms with Gasteiger partial charge in [-0.2, -0.15) is 4.31 Å². The standard InChI is InChI=1S/C14H22N2O4S/c1-16(12-6-9-19-10-7-12)21(17,18)14-4-2-13(3-5-14)20-11-8-15/h2-5,12H,6-11,15H2,1H3. The minimum atomic E-state index is -3.48. The molecule has 1 saturated heterocycles. The van der Waals surface area contributed by atoms with Gasteiger partial charge in [0, 0.05) is 32.8 Å². The average molecular weight is 314 g/mol. The number of benzene rings is 1. The van der Waals surface area contributed by atoms with E-state index in [0.717, 1.165) is 12.8 Å². The van der Waals surface area contributed by atoms with Crippen LogP contribution in [-0.4, -0.2) is 52.2 Å². The van der Waals surface area contributed by atoms with E-state index in [-0.39, 0.29) is 10.9 Å². The van der Waals surface area contributed by atoms with Gasteiger partial charge in [-0.1, -0.05) is 0 Å². The third-order valence-electron chi connectivity index (χ3n) is 3.59. The third-order valence-corrected chi connectivity index (χ3v) is 5.52. The summed E-state index contributed by atoms with van der Waals surface area (Å²) in [4.78, 5) is 0.275.